The molecule has 11 heavy (non-hydrogen) atoms. The van der Waals surface area contributed by atoms with Gasteiger partial charge in [0.2, 0.25) is 0 Å². The molecule has 1 rings (SSSR count). The summed E-state index contributed by atoms with van der Waals surface area (Å²) in [6.45, 7) is 0.570. The Labute approximate surface area is 65.9 Å². The lowest BCUT2D eigenvalue weighted by Crippen LogP contribution is -2.15. The lowest BCUT2D eigenvalue weighted by Gasteiger charge is -2.10. The molecule has 1 heterocycles. The summed E-state index contributed by atoms with van der Waals surface area (Å²) in [4.78, 5) is 3.87. The van der Waals surface area contributed by atoms with Gasteiger partial charge in [-0.1, -0.05) is 0 Å². The summed E-state index contributed by atoms with van der Waals surface area (Å²) in [6.07, 6.45) is 3.40. The number of hydrogen-bond donors (Lipinski definition) is 2. The number of aromatic nitrogens is 1. The van der Waals surface area contributed by atoms with Crippen LogP contribution in [0.3, 0.4) is 0 Å². The zero-order valence-electron chi connectivity index (χ0n) is 6.27. The zero-order valence-corrected chi connectivity index (χ0v) is 6.27. The average molecular weight is 152 g/mol. The molecular formula is C8H12N2O. The smallest absolute Gasteiger partial charge is 0.0511 e. The Bertz CT molecular complexity index is 197. The Kier molecular flexibility index (Phi) is 3.01. The van der Waals surface area contributed by atoms with Crippen molar-refractivity contribution >= 4 is 0 Å². The van der Waals surface area contributed by atoms with Gasteiger partial charge in [0.15, 0.2) is 0 Å². The maximum Gasteiger partial charge on any atom is 0.0511 e. The van der Waals surface area contributed by atoms with Gasteiger partial charge in [0, 0.05) is 24.9 Å². The van der Waals surface area contributed by atoms with Crippen molar-refractivity contribution in [2.24, 2.45) is 5.73 Å². The van der Waals surface area contributed by atoms with E-state index in [-0.39, 0.29) is 12.5 Å². The predicted octanol–water partition coefficient (Wildman–Crippen LogP) is 0.116. The minimum absolute atomic E-state index is 0.0537. The molecule has 0 saturated heterocycles. The number of aliphatic hydroxyl groups excluding tert-OH is 1. The monoisotopic (exact) mass is 152 g/mol. The van der Waals surface area contributed by atoms with Gasteiger partial charge in [-0.25, -0.2) is 0 Å². The fourth-order valence-corrected chi connectivity index (χ4v) is 0.952. The Balaban J connectivity index is 2.74. The summed E-state index contributed by atoms with van der Waals surface area (Å²) in [5, 5.41) is 8.88. The molecule has 0 amide bonds. The quantitative estimate of drug-likeness (QED) is 0.646. The fourth-order valence-electron chi connectivity index (χ4n) is 0.952. The first-order chi connectivity index (χ1) is 5.38. The van der Waals surface area contributed by atoms with E-state index in [0.717, 1.165) is 5.56 Å². The lowest BCUT2D eigenvalue weighted by atomic mass is 10.0. The van der Waals surface area contributed by atoms with E-state index in [1.807, 2.05) is 12.1 Å². The second-order valence-electron chi connectivity index (χ2n) is 2.40. The molecule has 1 aromatic rings. The van der Waals surface area contributed by atoms with E-state index >= 15 is 0 Å². The second-order valence-corrected chi connectivity index (χ2v) is 2.40. The van der Waals surface area contributed by atoms with Gasteiger partial charge in [-0.05, 0) is 17.7 Å². The zero-order chi connectivity index (χ0) is 8.10. The standard InChI is InChI=1S/C8H12N2O/c9-5-8(6-11)7-1-3-10-4-2-7/h1-4,8,11H,5-6,9H2. The van der Waals surface area contributed by atoms with Crippen LogP contribution in [0, 0.1) is 0 Å². The second kappa shape index (κ2) is 4.05. The largest absolute Gasteiger partial charge is 0.396 e. The van der Waals surface area contributed by atoms with Crippen LogP contribution in [0.15, 0.2) is 24.5 Å². The molecule has 0 aliphatic heterocycles. The van der Waals surface area contributed by atoms with Crippen LogP contribution >= 0.6 is 0 Å². The van der Waals surface area contributed by atoms with Gasteiger partial charge in [-0.2, -0.15) is 0 Å². The number of hydrogen-bond acceptors (Lipinski definition) is 3. The van der Waals surface area contributed by atoms with E-state index < -0.39 is 0 Å². The van der Waals surface area contributed by atoms with E-state index in [4.69, 9.17) is 10.8 Å². The van der Waals surface area contributed by atoms with Crippen LogP contribution in [0.1, 0.15) is 11.5 Å². The molecule has 0 aromatic carbocycles. The molecule has 3 nitrogen and oxygen atoms in total. The van der Waals surface area contributed by atoms with Gasteiger partial charge in [-0.15, -0.1) is 0 Å². The van der Waals surface area contributed by atoms with Crippen LogP contribution in [-0.2, 0) is 0 Å². The summed E-state index contributed by atoms with van der Waals surface area (Å²) < 4.78 is 0. The number of rotatable bonds is 3. The molecule has 1 aromatic heterocycles. The van der Waals surface area contributed by atoms with E-state index in [2.05, 4.69) is 4.98 Å². The molecule has 0 aliphatic carbocycles. The molecule has 0 bridgehead atoms. The van der Waals surface area contributed by atoms with Crippen molar-refractivity contribution in [2.45, 2.75) is 5.92 Å². The van der Waals surface area contributed by atoms with Crippen molar-refractivity contribution in [1.29, 1.82) is 0 Å². The van der Waals surface area contributed by atoms with Gasteiger partial charge < -0.3 is 10.8 Å². The first-order valence-electron chi connectivity index (χ1n) is 3.59. The van der Waals surface area contributed by atoms with Gasteiger partial charge in [0.1, 0.15) is 0 Å². The van der Waals surface area contributed by atoms with Gasteiger partial charge >= 0.3 is 0 Å². The number of aliphatic hydroxyl groups is 1. The third kappa shape index (κ3) is 2.00. The molecule has 3 heteroatoms. The molecule has 3 N–H and O–H groups in total. The molecule has 60 valence electrons. The Morgan fingerprint density at radius 2 is 2.09 bits per heavy atom. The molecule has 0 fully saturated rings. The van der Waals surface area contributed by atoms with Gasteiger partial charge in [-0.3, -0.25) is 4.98 Å². The molecular weight excluding hydrogens is 140 g/mol. The van der Waals surface area contributed by atoms with Crippen molar-refractivity contribution in [3.63, 3.8) is 0 Å². The minimum atomic E-state index is 0.0537. The molecule has 0 radical (unpaired) electrons. The first kappa shape index (κ1) is 8.17. The topological polar surface area (TPSA) is 59.1 Å². The van der Waals surface area contributed by atoms with Crippen LogP contribution in [0.25, 0.3) is 0 Å². The fraction of sp³-hybridized carbons (Fsp3) is 0.375. The normalized spacial score (nSPS) is 12.9. The highest BCUT2D eigenvalue weighted by molar-refractivity contribution is 5.15. The molecule has 1 unspecified atom stereocenters. The van der Waals surface area contributed by atoms with Crippen molar-refractivity contribution in [3.05, 3.63) is 30.1 Å². The number of nitrogens with zero attached hydrogens (tertiary/aromatic N) is 1. The van der Waals surface area contributed by atoms with Crippen molar-refractivity contribution < 1.29 is 5.11 Å². The highest BCUT2D eigenvalue weighted by atomic mass is 16.3. The molecule has 1 atom stereocenters. The Morgan fingerprint density at radius 3 is 2.55 bits per heavy atom. The number of pyridine rings is 1. The highest BCUT2D eigenvalue weighted by Gasteiger charge is 2.06. The van der Waals surface area contributed by atoms with Gasteiger partial charge in [0.25, 0.3) is 0 Å². The van der Waals surface area contributed by atoms with E-state index in [0.29, 0.717) is 6.54 Å². The van der Waals surface area contributed by atoms with E-state index in [1.54, 1.807) is 12.4 Å². The SMILES string of the molecule is NCC(CO)c1ccncc1. The summed E-state index contributed by atoms with van der Waals surface area (Å²) in [6, 6.07) is 3.74. The maximum absolute atomic E-state index is 8.88. The Hall–Kier alpha value is -0.930. The average Bonchev–Trinajstić information content (AvgIpc) is 2.09. The highest BCUT2D eigenvalue weighted by Crippen LogP contribution is 2.11. The molecule has 0 aliphatic rings. The predicted molar refractivity (Wildman–Crippen MR) is 43.1 cm³/mol. The van der Waals surface area contributed by atoms with Gasteiger partial charge in [0.05, 0.1) is 6.61 Å². The van der Waals surface area contributed by atoms with Crippen molar-refractivity contribution in [2.75, 3.05) is 13.2 Å². The van der Waals surface area contributed by atoms with Crippen LogP contribution in [-0.4, -0.2) is 23.2 Å². The summed E-state index contributed by atoms with van der Waals surface area (Å²) >= 11 is 0. The first-order valence-corrected chi connectivity index (χ1v) is 3.59. The number of nitrogens with two attached hydrogens (primary N) is 1. The lowest BCUT2D eigenvalue weighted by molar-refractivity contribution is 0.268. The molecule has 0 saturated carbocycles. The van der Waals surface area contributed by atoms with Crippen molar-refractivity contribution in [3.8, 4) is 0 Å². The summed E-state index contributed by atoms with van der Waals surface area (Å²) in [5.74, 6) is 0.0537. The van der Waals surface area contributed by atoms with Crippen LogP contribution < -0.4 is 5.73 Å². The maximum atomic E-state index is 8.88. The van der Waals surface area contributed by atoms with Crippen LogP contribution in [0.4, 0.5) is 0 Å². The Morgan fingerprint density at radius 1 is 1.45 bits per heavy atom. The minimum Gasteiger partial charge on any atom is -0.396 e. The summed E-state index contributed by atoms with van der Waals surface area (Å²) in [7, 11) is 0. The van der Waals surface area contributed by atoms with Crippen LogP contribution in [0.2, 0.25) is 0 Å². The van der Waals surface area contributed by atoms with E-state index in [1.165, 1.54) is 0 Å². The van der Waals surface area contributed by atoms with Crippen LogP contribution in [0.5, 0.6) is 0 Å². The third-order valence-electron chi connectivity index (χ3n) is 1.68. The van der Waals surface area contributed by atoms with E-state index in [9.17, 15) is 0 Å². The molecule has 0 spiro atoms. The summed E-state index contributed by atoms with van der Waals surface area (Å²) in [5.41, 5.74) is 6.48. The van der Waals surface area contributed by atoms with Crippen molar-refractivity contribution in [1.82, 2.24) is 4.98 Å². The third-order valence-corrected chi connectivity index (χ3v) is 1.68.